The molecule has 1 N–H and O–H groups in total. The van der Waals surface area contributed by atoms with E-state index in [1.165, 1.54) is 6.07 Å². The highest BCUT2D eigenvalue weighted by atomic mass is 19.1. The van der Waals surface area contributed by atoms with Crippen molar-refractivity contribution < 1.29 is 9.13 Å². The number of nitrogens with one attached hydrogen (secondary N) is 1. The molecule has 0 amide bonds. The number of halogens is 1. The zero-order chi connectivity index (χ0) is 11.4. The maximum absolute atomic E-state index is 12.8. The quantitative estimate of drug-likeness (QED) is 0.778. The SMILES string of the molecule is CN1CCOC(CNc2cccc(F)n2)C1. The summed E-state index contributed by atoms with van der Waals surface area (Å²) in [7, 11) is 2.07. The normalized spacial score (nSPS) is 22.0. The van der Waals surface area contributed by atoms with Crippen LogP contribution >= 0.6 is 0 Å². The van der Waals surface area contributed by atoms with Crippen LogP contribution in [0.15, 0.2) is 18.2 Å². The summed E-state index contributed by atoms with van der Waals surface area (Å²) in [5.74, 6) is 0.0866. The molecule has 1 saturated heterocycles. The second kappa shape index (κ2) is 5.23. The predicted molar refractivity (Wildman–Crippen MR) is 59.9 cm³/mol. The van der Waals surface area contributed by atoms with Crippen LogP contribution in [0.1, 0.15) is 0 Å². The summed E-state index contributed by atoms with van der Waals surface area (Å²) in [6.07, 6.45) is 0.142. The molecule has 2 heterocycles. The van der Waals surface area contributed by atoms with Gasteiger partial charge in [-0.2, -0.15) is 4.39 Å². The molecule has 1 unspecified atom stereocenters. The van der Waals surface area contributed by atoms with Gasteiger partial charge in [0.25, 0.3) is 0 Å². The van der Waals surface area contributed by atoms with Crippen LogP contribution in [0.3, 0.4) is 0 Å². The molecule has 1 fully saturated rings. The summed E-state index contributed by atoms with van der Waals surface area (Å²) in [6.45, 7) is 3.26. The first-order chi connectivity index (χ1) is 7.74. The van der Waals surface area contributed by atoms with Crippen LogP contribution in [0.5, 0.6) is 0 Å². The van der Waals surface area contributed by atoms with Crippen molar-refractivity contribution >= 4 is 5.82 Å². The van der Waals surface area contributed by atoms with Gasteiger partial charge in [0.1, 0.15) is 5.82 Å². The molecule has 5 heteroatoms. The van der Waals surface area contributed by atoms with E-state index in [-0.39, 0.29) is 6.10 Å². The van der Waals surface area contributed by atoms with Gasteiger partial charge in [0.2, 0.25) is 5.95 Å². The Bertz CT molecular complexity index is 348. The average molecular weight is 225 g/mol. The summed E-state index contributed by atoms with van der Waals surface area (Å²) in [5, 5.41) is 3.07. The van der Waals surface area contributed by atoms with Gasteiger partial charge in [0.15, 0.2) is 0 Å². The first-order valence-electron chi connectivity index (χ1n) is 5.40. The minimum absolute atomic E-state index is 0.142. The summed E-state index contributed by atoms with van der Waals surface area (Å²) in [5.41, 5.74) is 0. The molecule has 0 radical (unpaired) electrons. The molecule has 0 bridgehead atoms. The van der Waals surface area contributed by atoms with Crippen LogP contribution in [0.2, 0.25) is 0 Å². The van der Waals surface area contributed by atoms with Gasteiger partial charge in [-0.15, -0.1) is 0 Å². The Morgan fingerprint density at radius 2 is 2.50 bits per heavy atom. The molecule has 16 heavy (non-hydrogen) atoms. The van der Waals surface area contributed by atoms with Crippen LogP contribution in [-0.2, 0) is 4.74 Å². The van der Waals surface area contributed by atoms with E-state index in [9.17, 15) is 4.39 Å². The fourth-order valence-corrected chi connectivity index (χ4v) is 1.72. The Labute approximate surface area is 94.4 Å². The number of hydrogen-bond donors (Lipinski definition) is 1. The lowest BCUT2D eigenvalue weighted by Gasteiger charge is -2.30. The number of morpholine rings is 1. The highest BCUT2D eigenvalue weighted by Crippen LogP contribution is 2.07. The summed E-state index contributed by atoms with van der Waals surface area (Å²) in [4.78, 5) is 5.95. The lowest BCUT2D eigenvalue weighted by molar-refractivity contribution is -0.0117. The van der Waals surface area contributed by atoms with Gasteiger partial charge in [0.05, 0.1) is 12.7 Å². The summed E-state index contributed by atoms with van der Waals surface area (Å²) < 4.78 is 18.4. The van der Waals surface area contributed by atoms with Gasteiger partial charge < -0.3 is 15.0 Å². The molecule has 2 rings (SSSR count). The first-order valence-corrected chi connectivity index (χ1v) is 5.40. The Balaban J connectivity index is 1.82. The van der Waals surface area contributed by atoms with Gasteiger partial charge in [-0.05, 0) is 19.2 Å². The smallest absolute Gasteiger partial charge is 0.214 e. The van der Waals surface area contributed by atoms with Crippen molar-refractivity contribution in [2.45, 2.75) is 6.10 Å². The van der Waals surface area contributed by atoms with Crippen molar-refractivity contribution in [1.29, 1.82) is 0 Å². The van der Waals surface area contributed by atoms with E-state index in [1.54, 1.807) is 12.1 Å². The van der Waals surface area contributed by atoms with E-state index in [1.807, 2.05) is 0 Å². The van der Waals surface area contributed by atoms with Gasteiger partial charge in [-0.25, -0.2) is 4.98 Å². The zero-order valence-electron chi connectivity index (χ0n) is 9.32. The standard InChI is InChI=1S/C11H16FN3O/c1-15-5-6-16-9(8-15)7-13-11-4-2-3-10(12)14-11/h2-4,9H,5-8H2,1H3,(H,13,14). The second-order valence-corrected chi connectivity index (χ2v) is 3.98. The molecule has 88 valence electrons. The Morgan fingerprint density at radius 3 is 3.25 bits per heavy atom. The average Bonchev–Trinajstić information content (AvgIpc) is 2.27. The number of aromatic nitrogens is 1. The van der Waals surface area contributed by atoms with E-state index in [0.717, 1.165) is 19.7 Å². The Kier molecular flexibility index (Phi) is 3.69. The largest absolute Gasteiger partial charge is 0.374 e. The topological polar surface area (TPSA) is 37.4 Å². The number of likely N-dealkylation sites (N-methyl/N-ethyl adjacent to an activating group) is 1. The number of anilines is 1. The van der Waals surface area contributed by atoms with Crippen LogP contribution < -0.4 is 5.32 Å². The minimum atomic E-state index is -0.466. The van der Waals surface area contributed by atoms with Crippen molar-refractivity contribution in [3.8, 4) is 0 Å². The van der Waals surface area contributed by atoms with Crippen molar-refractivity contribution in [3.05, 3.63) is 24.1 Å². The third-order valence-corrected chi connectivity index (χ3v) is 2.57. The van der Waals surface area contributed by atoms with Gasteiger partial charge in [-0.1, -0.05) is 6.07 Å². The number of pyridine rings is 1. The van der Waals surface area contributed by atoms with Crippen molar-refractivity contribution in [2.75, 3.05) is 38.6 Å². The van der Waals surface area contributed by atoms with Crippen LogP contribution in [0.25, 0.3) is 0 Å². The molecule has 1 aliphatic heterocycles. The number of hydrogen-bond acceptors (Lipinski definition) is 4. The van der Waals surface area contributed by atoms with Crippen molar-refractivity contribution in [2.24, 2.45) is 0 Å². The molecule has 1 aromatic heterocycles. The highest BCUT2D eigenvalue weighted by molar-refractivity contribution is 5.33. The van der Waals surface area contributed by atoms with Gasteiger partial charge in [0, 0.05) is 19.6 Å². The highest BCUT2D eigenvalue weighted by Gasteiger charge is 2.17. The van der Waals surface area contributed by atoms with Crippen molar-refractivity contribution in [3.63, 3.8) is 0 Å². The fraction of sp³-hybridized carbons (Fsp3) is 0.545. The minimum Gasteiger partial charge on any atom is -0.374 e. The maximum Gasteiger partial charge on any atom is 0.214 e. The monoisotopic (exact) mass is 225 g/mol. The molecular formula is C11H16FN3O. The van der Waals surface area contributed by atoms with Crippen LogP contribution in [0.4, 0.5) is 10.2 Å². The predicted octanol–water partition coefficient (Wildman–Crippen LogP) is 0.963. The third kappa shape index (κ3) is 3.15. The molecule has 0 saturated carbocycles. The van der Waals surface area contributed by atoms with Crippen LogP contribution in [-0.4, -0.2) is 49.3 Å². The van der Waals surface area contributed by atoms with Gasteiger partial charge in [-0.3, -0.25) is 0 Å². The number of nitrogens with zero attached hydrogens (tertiary/aromatic N) is 2. The Hall–Kier alpha value is -1.20. The van der Waals surface area contributed by atoms with E-state index in [0.29, 0.717) is 12.4 Å². The van der Waals surface area contributed by atoms with E-state index >= 15 is 0 Å². The molecule has 1 atom stereocenters. The number of rotatable bonds is 3. The molecule has 0 aliphatic carbocycles. The van der Waals surface area contributed by atoms with Crippen molar-refractivity contribution in [1.82, 2.24) is 9.88 Å². The third-order valence-electron chi connectivity index (χ3n) is 2.57. The maximum atomic E-state index is 12.8. The fourth-order valence-electron chi connectivity index (χ4n) is 1.72. The zero-order valence-corrected chi connectivity index (χ0v) is 9.32. The molecule has 4 nitrogen and oxygen atoms in total. The number of ether oxygens (including phenoxy) is 1. The van der Waals surface area contributed by atoms with E-state index in [2.05, 4.69) is 22.2 Å². The lowest BCUT2D eigenvalue weighted by Crippen LogP contribution is -2.43. The summed E-state index contributed by atoms with van der Waals surface area (Å²) in [6, 6.07) is 4.71. The first kappa shape index (κ1) is 11.3. The second-order valence-electron chi connectivity index (χ2n) is 3.98. The summed E-state index contributed by atoms with van der Waals surface area (Å²) >= 11 is 0. The molecule has 0 spiro atoms. The van der Waals surface area contributed by atoms with Gasteiger partial charge >= 0.3 is 0 Å². The molecule has 1 aromatic rings. The van der Waals surface area contributed by atoms with Crippen LogP contribution in [0, 0.1) is 5.95 Å². The molecular weight excluding hydrogens is 209 g/mol. The molecule has 0 aromatic carbocycles. The molecule has 1 aliphatic rings. The van der Waals surface area contributed by atoms with E-state index < -0.39 is 5.95 Å². The lowest BCUT2D eigenvalue weighted by atomic mass is 10.3. The van der Waals surface area contributed by atoms with E-state index in [4.69, 9.17) is 4.74 Å². The Morgan fingerprint density at radius 1 is 1.62 bits per heavy atom.